The van der Waals surface area contributed by atoms with E-state index in [1.807, 2.05) is 12.4 Å². The molecule has 1 aromatic rings. The number of aromatic nitrogens is 2. The number of rotatable bonds is 3. The smallest absolute Gasteiger partial charge is 0.130 e. The van der Waals surface area contributed by atoms with Crippen molar-refractivity contribution in [3.05, 3.63) is 23.8 Å². The summed E-state index contributed by atoms with van der Waals surface area (Å²) in [5.41, 5.74) is 1.25. The molecule has 0 spiro atoms. The lowest BCUT2D eigenvalue weighted by molar-refractivity contribution is 0.0992. The highest BCUT2D eigenvalue weighted by atomic mass is 15.3. The van der Waals surface area contributed by atoms with Crippen molar-refractivity contribution in [3.63, 3.8) is 0 Å². The third-order valence-electron chi connectivity index (χ3n) is 4.32. The molecule has 2 saturated heterocycles. The van der Waals surface area contributed by atoms with Crippen LogP contribution in [0.4, 0.5) is 0 Å². The summed E-state index contributed by atoms with van der Waals surface area (Å²) in [4.78, 5) is 14.1. The molecule has 0 N–H and O–H groups in total. The second-order valence-electron chi connectivity index (χ2n) is 6.17. The van der Waals surface area contributed by atoms with Gasteiger partial charge in [0.15, 0.2) is 0 Å². The Morgan fingerprint density at radius 3 is 2.74 bits per heavy atom. The minimum Gasteiger partial charge on any atom is -0.298 e. The van der Waals surface area contributed by atoms with Crippen molar-refractivity contribution in [2.45, 2.75) is 45.2 Å². The van der Waals surface area contributed by atoms with Crippen LogP contribution in [0, 0.1) is 0 Å². The van der Waals surface area contributed by atoms with Gasteiger partial charge in [-0.05, 0) is 19.4 Å². The molecule has 19 heavy (non-hydrogen) atoms. The van der Waals surface area contributed by atoms with Gasteiger partial charge in [-0.2, -0.15) is 0 Å². The SMILES string of the molecule is CC(C)c1ncc(CN2CCN3CCC[C@H]3C2)cn1. The van der Waals surface area contributed by atoms with Crippen molar-refractivity contribution >= 4 is 0 Å². The van der Waals surface area contributed by atoms with Gasteiger partial charge in [0.1, 0.15) is 5.82 Å². The highest BCUT2D eigenvalue weighted by Crippen LogP contribution is 2.22. The molecule has 0 unspecified atom stereocenters. The predicted octanol–water partition coefficient (Wildman–Crippen LogP) is 1.88. The fourth-order valence-corrected chi connectivity index (χ4v) is 3.20. The lowest BCUT2D eigenvalue weighted by Crippen LogP contribution is -2.49. The molecule has 0 bridgehead atoms. The van der Waals surface area contributed by atoms with Gasteiger partial charge in [-0.3, -0.25) is 9.80 Å². The van der Waals surface area contributed by atoms with Gasteiger partial charge in [-0.25, -0.2) is 9.97 Å². The summed E-state index contributed by atoms with van der Waals surface area (Å²) in [6.07, 6.45) is 6.76. The zero-order valence-electron chi connectivity index (χ0n) is 12.0. The first-order chi connectivity index (χ1) is 9.22. The predicted molar refractivity (Wildman–Crippen MR) is 76.0 cm³/mol. The van der Waals surface area contributed by atoms with E-state index in [1.54, 1.807) is 0 Å². The Kier molecular flexibility index (Phi) is 3.80. The van der Waals surface area contributed by atoms with Crippen molar-refractivity contribution in [2.24, 2.45) is 0 Å². The van der Waals surface area contributed by atoms with E-state index in [0.29, 0.717) is 5.92 Å². The van der Waals surface area contributed by atoms with Gasteiger partial charge in [0.25, 0.3) is 0 Å². The van der Waals surface area contributed by atoms with Crippen LogP contribution < -0.4 is 0 Å². The third-order valence-corrected chi connectivity index (χ3v) is 4.32. The number of hydrogen-bond acceptors (Lipinski definition) is 4. The monoisotopic (exact) mass is 260 g/mol. The summed E-state index contributed by atoms with van der Waals surface area (Å²) in [7, 11) is 0. The van der Waals surface area contributed by atoms with Gasteiger partial charge in [0.05, 0.1) is 0 Å². The Morgan fingerprint density at radius 1 is 1.21 bits per heavy atom. The van der Waals surface area contributed by atoms with Crippen LogP contribution >= 0.6 is 0 Å². The number of piperazine rings is 1. The average Bonchev–Trinajstić information content (AvgIpc) is 2.87. The van der Waals surface area contributed by atoms with Crippen LogP contribution in [0.25, 0.3) is 0 Å². The van der Waals surface area contributed by atoms with E-state index in [0.717, 1.165) is 18.4 Å². The molecule has 3 rings (SSSR count). The first kappa shape index (κ1) is 13.0. The van der Waals surface area contributed by atoms with Gasteiger partial charge in [-0.15, -0.1) is 0 Å². The van der Waals surface area contributed by atoms with Gasteiger partial charge in [0.2, 0.25) is 0 Å². The molecule has 0 amide bonds. The maximum atomic E-state index is 4.46. The Labute approximate surface area is 115 Å². The van der Waals surface area contributed by atoms with Gasteiger partial charge in [-0.1, -0.05) is 13.8 Å². The molecule has 2 aliphatic rings. The van der Waals surface area contributed by atoms with Crippen LogP contribution in [0.2, 0.25) is 0 Å². The summed E-state index contributed by atoms with van der Waals surface area (Å²) >= 11 is 0. The second kappa shape index (κ2) is 5.55. The summed E-state index contributed by atoms with van der Waals surface area (Å²) in [6, 6.07) is 0.796. The van der Waals surface area contributed by atoms with E-state index in [9.17, 15) is 0 Å². The summed E-state index contributed by atoms with van der Waals surface area (Å²) in [5.74, 6) is 1.36. The lowest BCUT2D eigenvalue weighted by atomic mass is 10.1. The summed E-state index contributed by atoms with van der Waals surface area (Å²) in [6.45, 7) is 10.2. The normalized spacial score (nSPS) is 24.9. The molecule has 0 radical (unpaired) electrons. The highest BCUT2D eigenvalue weighted by Gasteiger charge is 2.30. The van der Waals surface area contributed by atoms with Crippen LogP contribution in [0.15, 0.2) is 12.4 Å². The second-order valence-corrected chi connectivity index (χ2v) is 6.17. The molecule has 1 atom stereocenters. The maximum Gasteiger partial charge on any atom is 0.130 e. The van der Waals surface area contributed by atoms with Crippen LogP contribution in [0.3, 0.4) is 0 Å². The minimum absolute atomic E-state index is 0.413. The Hall–Kier alpha value is -1.00. The fourth-order valence-electron chi connectivity index (χ4n) is 3.20. The largest absolute Gasteiger partial charge is 0.298 e. The number of fused-ring (bicyclic) bond motifs is 1. The fraction of sp³-hybridized carbons (Fsp3) is 0.733. The molecule has 0 aromatic carbocycles. The first-order valence-corrected chi connectivity index (χ1v) is 7.49. The standard InChI is InChI=1S/C15H24N4/c1-12(2)15-16-8-13(9-17-15)10-18-6-7-19-5-3-4-14(19)11-18/h8-9,12,14H,3-7,10-11H2,1-2H3/t14-/m0/s1. The first-order valence-electron chi connectivity index (χ1n) is 7.49. The molecule has 0 saturated carbocycles. The Bertz CT molecular complexity index is 415. The molecular formula is C15H24N4. The molecule has 3 heterocycles. The van der Waals surface area contributed by atoms with E-state index >= 15 is 0 Å². The van der Waals surface area contributed by atoms with Crippen LogP contribution in [-0.2, 0) is 6.54 Å². The lowest BCUT2D eigenvalue weighted by Gasteiger charge is -2.37. The van der Waals surface area contributed by atoms with Crippen LogP contribution in [0.5, 0.6) is 0 Å². The molecule has 0 aliphatic carbocycles. The van der Waals surface area contributed by atoms with Gasteiger partial charge >= 0.3 is 0 Å². The summed E-state index contributed by atoms with van der Waals surface area (Å²) in [5, 5.41) is 0. The minimum atomic E-state index is 0.413. The maximum absolute atomic E-state index is 4.46. The van der Waals surface area contributed by atoms with Gasteiger partial charge in [0, 0.05) is 56.1 Å². The van der Waals surface area contributed by atoms with E-state index in [2.05, 4.69) is 33.6 Å². The van der Waals surface area contributed by atoms with Crippen molar-refractivity contribution in [3.8, 4) is 0 Å². The Balaban J connectivity index is 1.59. The topological polar surface area (TPSA) is 32.3 Å². The van der Waals surface area contributed by atoms with E-state index in [4.69, 9.17) is 0 Å². The molecule has 1 aromatic heterocycles. The molecule has 104 valence electrons. The summed E-state index contributed by atoms with van der Waals surface area (Å²) < 4.78 is 0. The van der Waals surface area contributed by atoms with Gasteiger partial charge < -0.3 is 0 Å². The zero-order valence-corrected chi connectivity index (χ0v) is 12.0. The van der Waals surface area contributed by atoms with E-state index in [-0.39, 0.29) is 0 Å². The molecule has 4 nitrogen and oxygen atoms in total. The highest BCUT2D eigenvalue weighted by molar-refractivity contribution is 5.07. The number of hydrogen-bond donors (Lipinski definition) is 0. The average molecular weight is 260 g/mol. The quantitative estimate of drug-likeness (QED) is 0.830. The van der Waals surface area contributed by atoms with Crippen molar-refractivity contribution < 1.29 is 0 Å². The molecule has 2 aliphatic heterocycles. The van der Waals surface area contributed by atoms with E-state index < -0.39 is 0 Å². The molecule has 2 fully saturated rings. The zero-order chi connectivity index (χ0) is 13.2. The molecule has 4 heteroatoms. The van der Waals surface area contributed by atoms with Crippen molar-refractivity contribution in [2.75, 3.05) is 26.2 Å². The third kappa shape index (κ3) is 2.95. The van der Waals surface area contributed by atoms with E-state index in [1.165, 1.54) is 44.6 Å². The van der Waals surface area contributed by atoms with Crippen molar-refractivity contribution in [1.29, 1.82) is 0 Å². The number of nitrogens with zero attached hydrogens (tertiary/aromatic N) is 4. The van der Waals surface area contributed by atoms with Crippen LogP contribution in [0.1, 0.15) is 44.0 Å². The van der Waals surface area contributed by atoms with Crippen molar-refractivity contribution in [1.82, 2.24) is 19.8 Å². The van der Waals surface area contributed by atoms with Crippen LogP contribution in [-0.4, -0.2) is 52.0 Å². The molecular weight excluding hydrogens is 236 g/mol. The Morgan fingerprint density at radius 2 is 2.00 bits per heavy atom.